The van der Waals surface area contributed by atoms with Crippen molar-refractivity contribution in [3.63, 3.8) is 0 Å². The van der Waals surface area contributed by atoms with Crippen LogP contribution >= 0.6 is 24.8 Å². The number of hydrogen-bond donors (Lipinski definition) is 1. The zero-order valence-corrected chi connectivity index (χ0v) is 14.0. The lowest BCUT2D eigenvalue weighted by atomic mass is 9.93. The van der Waals surface area contributed by atoms with Crippen LogP contribution in [-0.4, -0.2) is 36.1 Å². The maximum absolute atomic E-state index is 13.8. The molecule has 1 fully saturated rings. The van der Waals surface area contributed by atoms with Gasteiger partial charge in [-0.2, -0.15) is 13.2 Å². The third kappa shape index (κ3) is 5.46. The van der Waals surface area contributed by atoms with Crippen molar-refractivity contribution >= 4 is 30.7 Å². The molecule has 1 saturated heterocycles. The number of hydrogen-bond acceptors (Lipinski definition) is 2. The number of nitrogens with zero attached hydrogens (tertiary/aromatic N) is 1. The molecule has 1 heterocycles. The van der Waals surface area contributed by atoms with Gasteiger partial charge in [0.15, 0.2) is 11.6 Å². The van der Waals surface area contributed by atoms with Crippen LogP contribution in [0.5, 0.6) is 0 Å². The quantitative estimate of drug-likeness (QED) is 0.781. The van der Waals surface area contributed by atoms with E-state index in [1.807, 2.05) is 0 Å². The molecular weight excluding hydrogens is 378 g/mol. The van der Waals surface area contributed by atoms with E-state index in [0.717, 1.165) is 6.07 Å². The van der Waals surface area contributed by atoms with Crippen LogP contribution in [0.25, 0.3) is 0 Å². The van der Waals surface area contributed by atoms with Crippen molar-refractivity contribution in [2.75, 3.05) is 13.1 Å². The topological polar surface area (TPSA) is 46.3 Å². The summed E-state index contributed by atoms with van der Waals surface area (Å²) in [6, 6.07) is 2.47. The standard InChI is InChI=1S/C14H15F5N2O.2ClH/c15-10-3-1-2-9(12(10)16)8-4-5-11(20)13(22)21(6-8)7-14(17,18)19;;/h1-3,8,11H,4-7,20H2;2*1H/t8-,11-;;/m1../s1. The summed E-state index contributed by atoms with van der Waals surface area (Å²) in [5.41, 5.74) is 5.54. The molecule has 24 heavy (non-hydrogen) atoms. The second kappa shape index (κ2) is 8.82. The van der Waals surface area contributed by atoms with Crippen molar-refractivity contribution in [1.29, 1.82) is 0 Å². The van der Waals surface area contributed by atoms with E-state index in [0.29, 0.717) is 4.90 Å². The van der Waals surface area contributed by atoms with E-state index < -0.39 is 42.2 Å². The molecule has 10 heteroatoms. The van der Waals surface area contributed by atoms with Gasteiger partial charge in [0.2, 0.25) is 5.91 Å². The Bertz CT molecular complexity index is 571. The van der Waals surface area contributed by atoms with Crippen LogP contribution in [0.15, 0.2) is 18.2 Å². The largest absolute Gasteiger partial charge is 0.406 e. The summed E-state index contributed by atoms with van der Waals surface area (Å²) in [6.07, 6.45) is -4.25. The first kappa shape index (κ1) is 22.9. The minimum atomic E-state index is -4.58. The van der Waals surface area contributed by atoms with Crippen molar-refractivity contribution in [2.24, 2.45) is 5.73 Å². The molecule has 1 aromatic rings. The van der Waals surface area contributed by atoms with E-state index in [-0.39, 0.29) is 49.8 Å². The van der Waals surface area contributed by atoms with Crippen LogP contribution in [-0.2, 0) is 4.79 Å². The average molecular weight is 395 g/mol. The normalized spacial score (nSPS) is 21.6. The molecule has 1 aromatic carbocycles. The second-order valence-electron chi connectivity index (χ2n) is 5.36. The zero-order chi connectivity index (χ0) is 16.5. The Hall–Kier alpha value is -1.12. The molecule has 0 spiro atoms. The molecule has 1 amide bonds. The van der Waals surface area contributed by atoms with Crippen LogP contribution in [0.4, 0.5) is 22.0 Å². The van der Waals surface area contributed by atoms with Crippen molar-refractivity contribution in [2.45, 2.75) is 31.0 Å². The number of alkyl halides is 3. The summed E-state index contributed by atoms with van der Waals surface area (Å²) in [6.45, 7) is -1.79. The van der Waals surface area contributed by atoms with Gasteiger partial charge in [-0.15, -0.1) is 24.8 Å². The Morgan fingerprint density at radius 2 is 1.79 bits per heavy atom. The van der Waals surface area contributed by atoms with Gasteiger partial charge in [0.05, 0.1) is 6.04 Å². The highest BCUT2D eigenvalue weighted by Crippen LogP contribution is 2.30. The summed E-state index contributed by atoms with van der Waals surface area (Å²) >= 11 is 0. The highest BCUT2D eigenvalue weighted by Gasteiger charge is 2.38. The smallest absolute Gasteiger partial charge is 0.332 e. The van der Waals surface area contributed by atoms with Crippen molar-refractivity contribution < 1.29 is 26.7 Å². The molecule has 0 bridgehead atoms. The zero-order valence-electron chi connectivity index (χ0n) is 12.4. The van der Waals surface area contributed by atoms with Crippen LogP contribution < -0.4 is 5.73 Å². The van der Waals surface area contributed by atoms with Gasteiger partial charge in [-0.05, 0) is 24.5 Å². The molecule has 2 N–H and O–H groups in total. The Kier molecular flexibility index (Phi) is 8.41. The molecule has 138 valence electrons. The Balaban J connectivity index is 0.00000264. The van der Waals surface area contributed by atoms with Gasteiger partial charge >= 0.3 is 6.18 Å². The second-order valence-corrected chi connectivity index (χ2v) is 5.36. The maximum Gasteiger partial charge on any atom is 0.406 e. The van der Waals surface area contributed by atoms with E-state index in [1.54, 1.807) is 0 Å². The Morgan fingerprint density at radius 1 is 1.17 bits per heavy atom. The van der Waals surface area contributed by atoms with E-state index in [2.05, 4.69) is 0 Å². The monoisotopic (exact) mass is 394 g/mol. The minimum absolute atomic E-state index is 0. The van der Waals surface area contributed by atoms with Crippen molar-refractivity contribution in [1.82, 2.24) is 4.90 Å². The van der Waals surface area contributed by atoms with Gasteiger partial charge in [0.25, 0.3) is 0 Å². The predicted octanol–water partition coefficient (Wildman–Crippen LogP) is 3.40. The molecule has 0 radical (unpaired) electrons. The molecular formula is C14H17Cl2F5N2O. The molecule has 0 aliphatic carbocycles. The van der Waals surface area contributed by atoms with Crippen LogP contribution in [0, 0.1) is 11.6 Å². The third-order valence-corrected chi connectivity index (χ3v) is 3.69. The number of amides is 1. The maximum atomic E-state index is 13.8. The van der Waals surface area contributed by atoms with E-state index in [1.165, 1.54) is 12.1 Å². The third-order valence-electron chi connectivity index (χ3n) is 3.69. The van der Waals surface area contributed by atoms with Gasteiger partial charge in [0, 0.05) is 12.5 Å². The summed E-state index contributed by atoms with van der Waals surface area (Å²) in [5, 5.41) is 0. The molecule has 1 aliphatic heterocycles. The van der Waals surface area contributed by atoms with Gasteiger partial charge in [0.1, 0.15) is 6.54 Å². The van der Waals surface area contributed by atoms with Crippen LogP contribution in [0.2, 0.25) is 0 Å². The first-order chi connectivity index (χ1) is 10.2. The molecule has 2 atom stereocenters. The predicted molar refractivity (Wildman–Crippen MR) is 83.4 cm³/mol. The Labute approximate surface area is 148 Å². The summed E-state index contributed by atoms with van der Waals surface area (Å²) < 4.78 is 64.9. The fraction of sp³-hybridized carbons (Fsp3) is 0.500. The van der Waals surface area contributed by atoms with Crippen LogP contribution in [0.1, 0.15) is 24.3 Å². The number of rotatable bonds is 2. The summed E-state index contributed by atoms with van der Waals surface area (Å²) in [4.78, 5) is 12.5. The van der Waals surface area contributed by atoms with Crippen molar-refractivity contribution in [3.8, 4) is 0 Å². The molecule has 2 rings (SSSR count). The highest BCUT2D eigenvalue weighted by atomic mass is 35.5. The number of carbonyl (C=O) groups excluding carboxylic acids is 1. The van der Waals surface area contributed by atoms with Gasteiger partial charge < -0.3 is 10.6 Å². The minimum Gasteiger partial charge on any atom is -0.332 e. The van der Waals surface area contributed by atoms with Gasteiger partial charge in [-0.1, -0.05) is 12.1 Å². The average Bonchev–Trinajstić information content (AvgIpc) is 2.54. The van der Waals surface area contributed by atoms with E-state index in [9.17, 15) is 26.7 Å². The lowest BCUT2D eigenvalue weighted by Gasteiger charge is -2.26. The van der Waals surface area contributed by atoms with Crippen molar-refractivity contribution in [3.05, 3.63) is 35.4 Å². The first-order valence-corrected chi connectivity index (χ1v) is 6.74. The molecule has 0 aromatic heterocycles. The van der Waals surface area contributed by atoms with E-state index in [4.69, 9.17) is 5.73 Å². The molecule has 3 nitrogen and oxygen atoms in total. The first-order valence-electron chi connectivity index (χ1n) is 6.74. The lowest BCUT2D eigenvalue weighted by molar-refractivity contribution is -0.161. The highest BCUT2D eigenvalue weighted by molar-refractivity contribution is 5.85. The number of nitrogens with two attached hydrogens (primary N) is 1. The summed E-state index contributed by atoms with van der Waals surface area (Å²) in [7, 11) is 0. The fourth-order valence-corrected chi connectivity index (χ4v) is 2.63. The number of likely N-dealkylation sites (tertiary alicyclic amines) is 1. The molecule has 0 saturated carbocycles. The fourth-order valence-electron chi connectivity index (χ4n) is 2.63. The molecule has 0 unspecified atom stereocenters. The van der Waals surface area contributed by atoms with Gasteiger partial charge in [-0.25, -0.2) is 8.78 Å². The van der Waals surface area contributed by atoms with Gasteiger partial charge in [-0.3, -0.25) is 4.79 Å². The number of benzene rings is 1. The lowest BCUT2D eigenvalue weighted by Crippen LogP contribution is -2.46. The SMILES string of the molecule is Cl.Cl.N[C@@H]1CC[C@@H](c2cccc(F)c2F)CN(CC(F)(F)F)C1=O. The molecule has 1 aliphatic rings. The number of carbonyl (C=O) groups is 1. The van der Waals surface area contributed by atoms with Crippen LogP contribution in [0.3, 0.4) is 0 Å². The Morgan fingerprint density at radius 3 is 2.38 bits per heavy atom. The van der Waals surface area contributed by atoms with E-state index >= 15 is 0 Å². The number of halogens is 7. The summed E-state index contributed by atoms with van der Waals surface area (Å²) in [5.74, 6) is -3.71.